The molecule has 3 heteroatoms. The summed E-state index contributed by atoms with van der Waals surface area (Å²) in [6, 6.07) is 3.89. The molecule has 1 unspecified atom stereocenters. The van der Waals surface area contributed by atoms with Gasteiger partial charge >= 0.3 is 0 Å². The van der Waals surface area contributed by atoms with Gasteiger partial charge in [0.15, 0.2) is 0 Å². The minimum Gasteiger partial charge on any atom is -0.314 e. The maximum absolute atomic E-state index is 13.5. The highest BCUT2D eigenvalue weighted by atomic mass is 19.1. The van der Waals surface area contributed by atoms with Crippen molar-refractivity contribution < 1.29 is 8.78 Å². The molecule has 0 spiro atoms. The van der Waals surface area contributed by atoms with E-state index in [4.69, 9.17) is 0 Å². The number of unbranched alkanes of at least 4 members (excludes halogenated alkanes) is 1. The Hall–Kier alpha value is -0.960. The van der Waals surface area contributed by atoms with Gasteiger partial charge in [0.2, 0.25) is 0 Å². The van der Waals surface area contributed by atoms with E-state index in [2.05, 4.69) is 12.2 Å². The summed E-state index contributed by atoms with van der Waals surface area (Å²) in [5.74, 6) is -0.682. The maximum atomic E-state index is 13.5. The molecule has 0 heterocycles. The fourth-order valence-electron chi connectivity index (χ4n) is 1.98. The van der Waals surface area contributed by atoms with Crippen LogP contribution in [0.3, 0.4) is 0 Å². The van der Waals surface area contributed by atoms with Crippen LogP contribution in [0.4, 0.5) is 8.78 Å². The summed E-state index contributed by atoms with van der Waals surface area (Å²) in [6.07, 6.45) is 3.78. The van der Waals surface area contributed by atoms with E-state index in [9.17, 15) is 8.78 Å². The normalized spacial score (nSPS) is 12.7. The Morgan fingerprint density at radius 3 is 2.65 bits per heavy atom. The summed E-state index contributed by atoms with van der Waals surface area (Å²) >= 11 is 0. The Morgan fingerprint density at radius 2 is 2.00 bits per heavy atom. The third-order valence-electron chi connectivity index (χ3n) is 2.87. The molecule has 0 saturated carbocycles. The molecule has 0 aliphatic carbocycles. The molecule has 0 aliphatic rings. The molecule has 0 amide bonds. The average Bonchev–Trinajstić information content (AvgIpc) is 2.31. The van der Waals surface area contributed by atoms with Crippen LogP contribution in [0.2, 0.25) is 0 Å². The lowest BCUT2D eigenvalue weighted by Crippen LogP contribution is -2.31. The highest BCUT2D eigenvalue weighted by Gasteiger charge is 2.11. The number of nitrogens with one attached hydrogen (secondary N) is 1. The van der Waals surface area contributed by atoms with Crippen molar-refractivity contribution in [1.29, 1.82) is 0 Å². The van der Waals surface area contributed by atoms with Crippen LogP contribution in [0.5, 0.6) is 0 Å². The third kappa shape index (κ3) is 4.82. The van der Waals surface area contributed by atoms with Crippen molar-refractivity contribution in [3.63, 3.8) is 0 Å². The fourth-order valence-corrected chi connectivity index (χ4v) is 1.98. The lowest BCUT2D eigenvalue weighted by atomic mass is 10.0. The highest BCUT2D eigenvalue weighted by molar-refractivity contribution is 5.19. The predicted octanol–water partition coefficient (Wildman–Crippen LogP) is 3.68. The van der Waals surface area contributed by atoms with Gasteiger partial charge in [-0.05, 0) is 43.1 Å². The Labute approximate surface area is 102 Å². The van der Waals surface area contributed by atoms with Gasteiger partial charge in [0.05, 0.1) is 0 Å². The van der Waals surface area contributed by atoms with Gasteiger partial charge in [0.1, 0.15) is 11.6 Å². The topological polar surface area (TPSA) is 12.0 Å². The van der Waals surface area contributed by atoms with Crippen LogP contribution in [-0.4, -0.2) is 12.6 Å². The fraction of sp³-hybridized carbons (Fsp3) is 0.571. The molecule has 0 saturated heterocycles. The maximum Gasteiger partial charge on any atom is 0.126 e. The summed E-state index contributed by atoms with van der Waals surface area (Å²) in [7, 11) is 0. The highest BCUT2D eigenvalue weighted by Crippen LogP contribution is 2.14. The summed E-state index contributed by atoms with van der Waals surface area (Å²) in [5.41, 5.74) is 0.465. The van der Waals surface area contributed by atoms with Crippen LogP contribution in [0, 0.1) is 11.6 Å². The van der Waals surface area contributed by atoms with Crippen molar-refractivity contribution in [2.24, 2.45) is 0 Å². The molecular formula is C14H21F2N. The summed E-state index contributed by atoms with van der Waals surface area (Å²) < 4.78 is 26.5. The molecular weight excluding hydrogens is 220 g/mol. The molecule has 0 bridgehead atoms. The Kier molecular flexibility index (Phi) is 6.12. The number of halogens is 2. The van der Waals surface area contributed by atoms with Crippen molar-refractivity contribution in [1.82, 2.24) is 5.32 Å². The number of likely N-dealkylation sites (N-methyl/N-ethyl adjacent to an activating group) is 1. The summed E-state index contributed by atoms with van der Waals surface area (Å²) in [6.45, 7) is 5.01. The molecule has 1 nitrogen and oxygen atoms in total. The summed E-state index contributed by atoms with van der Waals surface area (Å²) in [5, 5.41) is 3.32. The number of benzene rings is 1. The molecule has 0 fully saturated rings. The van der Waals surface area contributed by atoms with Crippen molar-refractivity contribution in [2.45, 2.75) is 45.6 Å². The molecule has 1 atom stereocenters. The quantitative estimate of drug-likeness (QED) is 0.768. The van der Waals surface area contributed by atoms with E-state index in [-0.39, 0.29) is 17.7 Å². The number of rotatable bonds is 7. The van der Waals surface area contributed by atoms with Crippen LogP contribution >= 0.6 is 0 Å². The molecule has 96 valence electrons. The SMILES string of the molecule is CCCCC(Cc1cc(F)ccc1F)NCC. The molecule has 1 N–H and O–H groups in total. The van der Waals surface area contributed by atoms with E-state index >= 15 is 0 Å². The van der Waals surface area contributed by atoms with Crippen molar-refractivity contribution in [3.8, 4) is 0 Å². The van der Waals surface area contributed by atoms with Crippen LogP contribution in [0.25, 0.3) is 0 Å². The van der Waals surface area contributed by atoms with E-state index in [1.165, 1.54) is 12.1 Å². The van der Waals surface area contributed by atoms with E-state index in [1.54, 1.807) is 0 Å². The van der Waals surface area contributed by atoms with E-state index < -0.39 is 0 Å². The largest absolute Gasteiger partial charge is 0.314 e. The first kappa shape index (κ1) is 14.1. The molecule has 17 heavy (non-hydrogen) atoms. The van der Waals surface area contributed by atoms with Crippen molar-refractivity contribution in [2.75, 3.05) is 6.54 Å². The Bertz CT molecular complexity index is 339. The first-order chi connectivity index (χ1) is 8.17. The second-order valence-corrected chi connectivity index (χ2v) is 4.34. The monoisotopic (exact) mass is 241 g/mol. The average molecular weight is 241 g/mol. The van der Waals surface area contributed by atoms with Crippen molar-refractivity contribution >= 4 is 0 Å². The van der Waals surface area contributed by atoms with E-state index in [1.807, 2.05) is 6.92 Å². The van der Waals surface area contributed by atoms with Gasteiger partial charge < -0.3 is 5.32 Å². The van der Waals surface area contributed by atoms with Gasteiger partial charge in [0.25, 0.3) is 0 Å². The van der Waals surface area contributed by atoms with Gasteiger partial charge in [-0.15, -0.1) is 0 Å². The smallest absolute Gasteiger partial charge is 0.126 e. The molecule has 0 radical (unpaired) electrons. The van der Waals surface area contributed by atoms with Crippen LogP contribution in [0.15, 0.2) is 18.2 Å². The first-order valence-electron chi connectivity index (χ1n) is 6.34. The molecule has 1 rings (SSSR count). The molecule has 0 aromatic heterocycles. The molecule has 1 aromatic carbocycles. The van der Waals surface area contributed by atoms with Gasteiger partial charge in [0, 0.05) is 6.04 Å². The van der Waals surface area contributed by atoms with Crippen LogP contribution in [-0.2, 0) is 6.42 Å². The minimum absolute atomic E-state index is 0.233. The van der Waals surface area contributed by atoms with Crippen LogP contribution in [0.1, 0.15) is 38.7 Å². The lowest BCUT2D eigenvalue weighted by molar-refractivity contribution is 0.462. The first-order valence-corrected chi connectivity index (χ1v) is 6.34. The Balaban J connectivity index is 2.67. The lowest BCUT2D eigenvalue weighted by Gasteiger charge is -2.18. The van der Waals surface area contributed by atoms with Gasteiger partial charge in [-0.25, -0.2) is 8.78 Å². The number of hydrogen-bond acceptors (Lipinski definition) is 1. The van der Waals surface area contributed by atoms with Gasteiger partial charge in [-0.1, -0.05) is 26.7 Å². The van der Waals surface area contributed by atoms with Crippen molar-refractivity contribution in [3.05, 3.63) is 35.4 Å². The summed E-state index contributed by atoms with van der Waals surface area (Å²) in [4.78, 5) is 0. The number of hydrogen-bond donors (Lipinski definition) is 1. The predicted molar refractivity (Wildman–Crippen MR) is 67.1 cm³/mol. The van der Waals surface area contributed by atoms with Crippen LogP contribution < -0.4 is 5.32 Å². The molecule has 1 aromatic rings. The van der Waals surface area contributed by atoms with Gasteiger partial charge in [-0.3, -0.25) is 0 Å². The zero-order chi connectivity index (χ0) is 12.7. The second kappa shape index (κ2) is 7.38. The van der Waals surface area contributed by atoms with E-state index in [0.29, 0.717) is 12.0 Å². The Morgan fingerprint density at radius 1 is 1.24 bits per heavy atom. The third-order valence-corrected chi connectivity index (χ3v) is 2.87. The standard InChI is InChI=1S/C14H21F2N/c1-3-5-6-13(17-4-2)10-11-9-12(15)7-8-14(11)16/h7-9,13,17H,3-6,10H2,1-2H3. The van der Waals surface area contributed by atoms with E-state index in [0.717, 1.165) is 31.9 Å². The zero-order valence-electron chi connectivity index (χ0n) is 10.6. The molecule has 0 aliphatic heterocycles. The zero-order valence-corrected chi connectivity index (χ0v) is 10.6. The van der Waals surface area contributed by atoms with Gasteiger partial charge in [-0.2, -0.15) is 0 Å². The minimum atomic E-state index is -0.368. The second-order valence-electron chi connectivity index (χ2n) is 4.34.